The summed E-state index contributed by atoms with van der Waals surface area (Å²) >= 11 is 0. The second-order valence-corrected chi connectivity index (χ2v) is 6.46. The van der Waals surface area contributed by atoms with E-state index in [-0.39, 0.29) is 17.9 Å². The van der Waals surface area contributed by atoms with E-state index in [0.29, 0.717) is 32.5 Å². The fourth-order valence-electron chi connectivity index (χ4n) is 3.39. The molecule has 10 heteroatoms. The topological polar surface area (TPSA) is 67.2 Å². The molecule has 2 saturated heterocycles. The summed E-state index contributed by atoms with van der Waals surface area (Å²) in [7, 11) is 0. The van der Waals surface area contributed by atoms with Crippen molar-refractivity contribution < 1.29 is 18.0 Å². The Balaban J connectivity index is 1.47. The first-order chi connectivity index (χ1) is 12.4. The van der Waals surface area contributed by atoms with Crippen molar-refractivity contribution in [3.63, 3.8) is 0 Å². The highest BCUT2D eigenvalue weighted by molar-refractivity contribution is 5.95. The number of rotatable bonds is 3. The lowest BCUT2D eigenvalue weighted by molar-refractivity contribution is -0.141. The fourth-order valence-corrected chi connectivity index (χ4v) is 3.39. The molecule has 0 radical (unpaired) electrons. The molecule has 2 aliphatic heterocycles. The Kier molecular flexibility index (Phi) is 4.04. The zero-order valence-corrected chi connectivity index (χ0v) is 13.9. The van der Waals surface area contributed by atoms with Gasteiger partial charge >= 0.3 is 6.18 Å². The molecule has 4 heterocycles. The summed E-state index contributed by atoms with van der Waals surface area (Å²) in [6, 6.07) is 0.865. The van der Waals surface area contributed by atoms with Crippen molar-refractivity contribution >= 4 is 17.5 Å². The molecule has 2 aromatic heterocycles. The van der Waals surface area contributed by atoms with E-state index in [2.05, 4.69) is 15.1 Å². The van der Waals surface area contributed by atoms with Gasteiger partial charge in [-0.3, -0.25) is 9.48 Å². The molecule has 0 bridgehead atoms. The van der Waals surface area contributed by atoms with Crippen LogP contribution in [0.5, 0.6) is 0 Å². The molecule has 4 rings (SSSR count). The van der Waals surface area contributed by atoms with Crippen LogP contribution in [0.4, 0.5) is 24.8 Å². The zero-order chi connectivity index (χ0) is 18.3. The van der Waals surface area contributed by atoms with Crippen molar-refractivity contribution in [2.24, 2.45) is 0 Å². The minimum Gasteiger partial charge on any atom is -0.339 e. The van der Waals surface area contributed by atoms with E-state index in [1.165, 1.54) is 0 Å². The second kappa shape index (κ2) is 6.26. The van der Waals surface area contributed by atoms with Gasteiger partial charge in [-0.05, 0) is 18.9 Å². The van der Waals surface area contributed by atoms with Crippen LogP contribution in [-0.2, 0) is 11.0 Å². The van der Waals surface area contributed by atoms with Crippen molar-refractivity contribution in [2.45, 2.75) is 31.5 Å². The number of nitrogens with zero attached hydrogens (tertiary/aromatic N) is 6. The normalized spacial score (nSPS) is 21.0. The summed E-state index contributed by atoms with van der Waals surface area (Å²) in [5.74, 6) is 0.166. The maximum Gasteiger partial charge on any atom is 0.433 e. The summed E-state index contributed by atoms with van der Waals surface area (Å²) in [5.41, 5.74) is -0.180. The van der Waals surface area contributed by atoms with E-state index in [1.54, 1.807) is 20.7 Å². The minimum atomic E-state index is -4.49. The van der Waals surface area contributed by atoms with Gasteiger partial charge in [-0.25, -0.2) is 9.97 Å². The van der Waals surface area contributed by atoms with E-state index in [0.717, 1.165) is 24.4 Å². The van der Waals surface area contributed by atoms with Crippen LogP contribution in [0.2, 0.25) is 0 Å². The number of anilines is 2. The van der Waals surface area contributed by atoms with Crippen LogP contribution >= 0.6 is 0 Å². The highest BCUT2D eigenvalue weighted by Crippen LogP contribution is 2.30. The predicted octanol–water partition coefficient (Wildman–Crippen LogP) is 2.27. The standard InChI is InChI=1S/C16H17F3N6O/c17-16(18,19)13-3-5-20-15(22-13)23-7-4-11(9-23)25-10-12(8-21-25)24-6-1-2-14(24)26/h3,5,8,10-11H,1-2,4,6-7,9H2. The molecule has 7 nitrogen and oxygen atoms in total. The van der Waals surface area contributed by atoms with Crippen LogP contribution < -0.4 is 9.80 Å². The third kappa shape index (κ3) is 3.11. The van der Waals surface area contributed by atoms with E-state index < -0.39 is 11.9 Å². The highest BCUT2D eigenvalue weighted by atomic mass is 19.4. The largest absolute Gasteiger partial charge is 0.433 e. The van der Waals surface area contributed by atoms with E-state index in [9.17, 15) is 18.0 Å². The van der Waals surface area contributed by atoms with Crippen LogP contribution in [0.15, 0.2) is 24.7 Å². The van der Waals surface area contributed by atoms with Gasteiger partial charge in [-0.1, -0.05) is 0 Å². The molecule has 0 aromatic carbocycles. The number of amides is 1. The van der Waals surface area contributed by atoms with Gasteiger partial charge in [-0.15, -0.1) is 0 Å². The van der Waals surface area contributed by atoms with Gasteiger partial charge in [0.25, 0.3) is 0 Å². The van der Waals surface area contributed by atoms with Crippen LogP contribution in [0, 0.1) is 0 Å². The molecule has 138 valence electrons. The Hall–Kier alpha value is -2.65. The van der Waals surface area contributed by atoms with Crippen molar-refractivity contribution in [2.75, 3.05) is 29.4 Å². The van der Waals surface area contributed by atoms with E-state index in [4.69, 9.17) is 0 Å². The molecule has 2 fully saturated rings. The molecule has 0 N–H and O–H groups in total. The van der Waals surface area contributed by atoms with Crippen molar-refractivity contribution in [3.8, 4) is 0 Å². The number of halogens is 3. The summed E-state index contributed by atoms with van der Waals surface area (Å²) in [5, 5.41) is 4.34. The molecule has 0 saturated carbocycles. The monoisotopic (exact) mass is 366 g/mol. The van der Waals surface area contributed by atoms with Crippen LogP contribution in [0.25, 0.3) is 0 Å². The first kappa shape index (κ1) is 16.8. The second-order valence-electron chi connectivity index (χ2n) is 6.46. The quantitative estimate of drug-likeness (QED) is 0.834. The Bertz CT molecular complexity index is 820. The van der Waals surface area contributed by atoms with Crippen LogP contribution in [-0.4, -0.2) is 45.3 Å². The third-order valence-electron chi connectivity index (χ3n) is 4.73. The lowest BCUT2D eigenvalue weighted by Gasteiger charge is -2.17. The molecule has 2 aromatic rings. The number of carbonyl (C=O) groups excluding carboxylic acids is 1. The summed E-state index contributed by atoms with van der Waals surface area (Å²) in [6.07, 6.45) is 2.23. The Morgan fingerprint density at radius 2 is 2.08 bits per heavy atom. The summed E-state index contributed by atoms with van der Waals surface area (Å²) in [4.78, 5) is 22.9. The number of alkyl halides is 3. The average Bonchev–Trinajstić information content (AvgIpc) is 3.33. The van der Waals surface area contributed by atoms with Gasteiger partial charge in [0.2, 0.25) is 11.9 Å². The minimum absolute atomic E-state index is 0.000372. The van der Waals surface area contributed by atoms with E-state index >= 15 is 0 Å². The summed E-state index contributed by atoms with van der Waals surface area (Å²) < 4.78 is 40.2. The molecule has 26 heavy (non-hydrogen) atoms. The van der Waals surface area contributed by atoms with Crippen molar-refractivity contribution in [1.29, 1.82) is 0 Å². The maximum atomic E-state index is 12.8. The SMILES string of the molecule is O=C1CCCN1c1cnn(C2CCN(c3nccc(C(F)(F)F)n3)C2)c1. The maximum absolute atomic E-state index is 12.8. The number of hydrogen-bond acceptors (Lipinski definition) is 5. The Morgan fingerprint density at radius 1 is 1.23 bits per heavy atom. The molecule has 1 unspecified atom stereocenters. The van der Waals surface area contributed by atoms with Crippen LogP contribution in [0.1, 0.15) is 31.0 Å². The lowest BCUT2D eigenvalue weighted by Crippen LogP contribution is -2.24. The van der Waals surface area contributed by atoms with Gasteiger partial charge in [0.1, 0.15) is 5.69 Å². The molecule has 1 amide bonds. The molecule has 1 atom stereocenters. The highest BCUT2D eigenvalue weighted by Gasteiger charge is 2.34. The fraction of sp³-hybridized carbons (Fsp3) is 0.500. The van der Waals surface area contributed by atoms with Gasteiger partial charge < -0.3 is 9.80 Å². The van der Waals surface area contributed by atoms with Gasteiger partial charge in [0.05, 0.1) is 17.9 Å². The number of hydrogen-bond donors (Lipinski definition) is 0. The van der Waals surface area contributed by atoms with E-state index in [1.807, 2.05) is 6.20 Å². The third-order valence-corrected chi connectivity index (χ3v) is 4.73. The smallest absolute Gasteiger partial charge is 0.339 e. The predicted molar refractivity (Wildman–Crippen MR) is 86.7 cm³/mol. The number of carbonyl (C=O) groups is 1. The van der Waals surface area contributed by atoms with Crippen molar-refractivity contribution in [3.05, 3.63) is 30.4 Å². The van der Waals surface area contributed by atoms with Gasteiger partial charge in [-0.2, -0.15) is 18.3 Å². The molecule has 2 aliphatic rings. The van der Waals surface area contributed by atoms with Gasteiger partial charge in [0.15, 0.2) is 0 Å². The van der Waals surface area contributed by atoms with Crippen molar-refractivity contribution in [1.82, 2.24) is 19.7 Å². The molecule has 0 aliphatic carbocycles. The molecule has 0 spiro atoms. The average molecular weight is 366 g/mol. The Labute approximate surface area is 147 Å². The first-order valence-corrected chi connectivity index (χ1v) is 8.41. The summed E-state index contributed by atoms with van der Waals surface area (Å²) in [6.45, 7) is 1.71. The number of aromatic nitrogens is 4. The Morgan fingerprint density at radius 3 is 2.81 bits per heavy atom. The molecular weight excluding hydrogens is 349 g/mol. The zero-order valence-electron chi connectivity index (χ0n) is 13.9. The first-order valence-electron chi connectivity index (χ1n) is 8.41. The van der Waals surface area contributed by atoms with Gasteiger partial charge in [0, 0.05) is 38.4 Å². The molecular formula is C16H17F3N6O. The van der Waals surface area contributed by atoms with Crippen LogP contribution in [0.3, 0.4) is 0 Å². The lowest BCUT2D eigenvalue weighted by atomic mass is 10.3.